The smallest absolute Gasteiger partial charge is 0.116 e. The summed E-state index contributed by atoms with van der Waals surface area (Å²) >= 11 is 0. The van der Waals surface area contributed by atoms with Crippen LogP contribution in [0, 0.1) is 5.92 Å². The molecule has 1 fully saturated rings. The Balaban J connectivity index is 2.52. The van der Waals surface area contributed by atoms with Crippen LogP contribution >= 0.6 is 0 Å². The molecule has 0 aromatic carbocycles. The van der Waals surface area contributed by atoms with E-state index in [1.807, 2.05) is 0 Å². The fraction of sp³-hybridized carbons (Fsp3) is 1.00. The topological polar surface area (TPSA) is 46.2 Å². The Labute approximate surface area is 75.2 Å². The van der Waals surface area contributed by atoms with Crippen molar-refractivity contribution in [2.75, 3.05) is 0 Å². The van der Waals surface area contributed by atoms with Crippen molar-refractivity contribution in [3.63, 3.8) is 0 Å². The van der Waals surface area contributed by atoms with Crippen LogP contribution in [0.1, 0.15) is 51.9 Å². The van der Waals surface area contributed by atoms with E-state index in [0.29, 0.717) is 5.92 Å². The zero-order valence-corrected chi connectivity index (χ0v) is 8.05. The van der Waals surface area contributed by atoms with Crippen LogP contribution in [0.4, 0.5) is 0 Å². The standard InChI is InChI=1S/C10H21NO/c1-2-6-9-7-4-3-5-8-10(9,11)12/h9,12H,2-8,11H2,1H3. The third-order valence-corrected chi connectivity index (χ3v) is 2.97. The van der Waals surface area contributed by atoms with Crippen molar-refractivity contribution >= 4 is 0 Å². The Morgan fingerprint density at radius 3 is 2.83 bits per heavy atom. The first kappa shape index (κ1) is 10.0. The lowest BCUT2D eigenvalue weighted by Crippen LogP contribution is -2.46. The predicted molar refractivity (Wildman–Crippen MR) is 50.6 cm³/mol. The molecule has 1 rings (SSSR count). The van der Waals surface area contributed by atoms with Gasteiger partial charge in [0.1, 0.15) is 5.72 Å². The Morgan fingerprint density at radius 1 is 1.42 bits per heavy atom. The van der Waals surface area contributed by atoms with Gasteiger partial charge in [-0.1, -0.05) is 26.2 Å². The van der Waals surface area contributed by atoms with Crippen LogP contribution in [0.2, 0.25) is 0 Å². The van der Waals surface area contributed by atoms with Crippen molar-refractivity contribution in [2.45, 2.75) is 57.6 Å². The van der Waals surface area contributed by atoms with Gasteiger partial charge in [0.25, 0.3) is 0 Å². The predicted octanol–water partition coefficient (Wildman–Crippen LogP) is 2.01. The van der Waals surface area contributed by atoms with Crippen molar-refractivity contribution in [3.05, 3.63) is 0 Å². The third kappa shape index (κ3) is 2.46. The zero-order valence-electron chi connectivity index (χ0n) is 8.05. The highest BCUT2D eigenvalue weighted by Crippen LogP contribution is 2.31. The summed E-state index contributed by atoms with van der Waals surface area (Å²) < 4.78 is 0. The lowest BCUT2D eigenvalue weighted by atomic mass is 9.88. The highest BCUT2D eigenvalue weighted by Gasteiger charge is 2.32. The molecule has 1 saturated carbocycles. The summed E-state index contributed by atoms with van der Waals surface area (Å²) in [6.07, 6.45) is 7.67. The van der Waals surface area contributed by atoms with E-state index in [4.69, 9.17) is 5.73 Å². The molecule has 0 aliphatic heterocycles. The summed E-state index contributed by atoms with van der Waals surface area (Å²) in [5.74, 6) is 0.338. The maximum absolute atomic E-state index is 9.92. The third-order valence-electron chi connectivity index (χ3n) is 2.97. The maximum Gasteiger partial charge on any atom is 0.116 e. The second kappa shape index (κ2) is 4.24. The average molecular weight is 171 g/mol. The SMILES string of the molecule is CCCC1CCCCCC1(N)O. The Kier molecular flexibility index (Phi) is 3.53. The molecule has 2 heteroatoms. The van der Waals surface area contributed by atoms with E-state index in [1.165, 1.54) is 12.8 Å². The molecule has 1 aliphatic rings. The molecule has 2 nitrogen and oxygen atoms in total. The quantitative estimate of drug-likeness (QED) is 0.493. The van der Waals surface area contributed by atoms with Gasteiger partial charge in [-0.3, -0.25) is 0 Å². The molecule has 0 heterocycles. The number of hydrogen-bond donors (Lipinski definition) is 2. The summed E-state index contributed by atoms with van der Waals surface area (Å²) in [5.41, 5.74) is 5.00. The zero-order chi connectivity index (χ0) is 9.03. The van der Waals surface area contributed by atoms with E-state index < -0.39 is 5.72 Å². The van der Waals surface area contributed by atoms with Crippen molar-refractivity contribution in [3.8, 4) is 0 Å². The summed E-state index contributed by atoms with van der Waals surface area (Å²) in [6, 6.07) is 0. The van der Waals surface area contributed by atoms with Crippen LogP contribution in [-0.2, 0) is 0 Å². The summed E-state index contributed by atoms with van der Waals surface area (Å²) in [5, 5.41) is 9.92. The van der Waals surface area contributed by atoms with Crippen LogP contribution in [-0.4, -0.2) is 10.8 Å². The van der Waals surface area contributed by atoms with Crippen LogP contribution in [0.3, 0.4) is 0 Å². The van der Waals surface area contributed by atoms with E-state index in [1.54, 1.807) is 0 Å². The van der Waals surface area contributed by atoms with Gasteiger partial charge in [-0.15, -0.1) is 0 Å². The van der Waals surface area contributed by atoms with Crippen LogP contribution in [0.5, 0.6) is 0 Å². The van der Waals surface area contributed by atoms with Gasteiger partial charge >= 0.3 is 0 Å². The van der Waals surface area contributed by atoms with Crippen molar-refractivity contribution in [1.82, 2.24) is 0 Å². The van der Waals surface area contributed by atoms with E-state index in [-0.39, 0.29) is 0 Å². The largest absolute Gasteiger partial charge is 0.376 e. The molecule has 0 radical (unpaired) electrons. The highest BCUT2D eigenvalue weighted by atomic mass is 16.3. The van der Waals surface area contributed by atoms with Gasteiger partial charge in [0.2, 0.25) is 0 Å². The van der Waals surface area contributed by atoms with Crippen molar-refractivity contribution in [2.24, 2.45) is 11.7 Å². The molecule has 0 spiro atoms. The summed E-state index contributed by atoms with van der Waals surface area (Å²) in [6.45, 7) is 2.15. The molecular weight excluding hydrogens is 150 g/mol. The van der Waals surface area contributed by atoms with Crippen molar-refractivity contribution < 1.29 is 5.11 Å². The van der Waals surface area contributed by atoms with E-state index in [2.05, 4.69) is 6.92 Å². The highest BCUT2D eigenvalue weighted by molar-refractivity contribution is 4.82. The Hall–Kier alpha value is -0.0800. The van der Waals surface area contributed by atoms with Gasteiger partial charge in [0.05, 0.1) is 0 Å². The first-order valence-electron chi connectivity index (χ1n) is 5.18. The fourth-order valence-corrected chi connectivity index (χ4v) is 2.17. The van der Waals surface area contributed by atoms with Gasteiger partial charge in [0.15, 0.2) is 0 Å². The minimum Gasteiger partial charge on any atom is -0.376 e. The van der Waals surface area contributed by atoms with Crippen LogP contribution in [0.25, 0.3) is 0 Å². The average Bonchev–Trinajstić information content (AvgIpc) is 2.15. The van der Waals surface area contributed by atoms with Gasteiger partial charge in [-0.25, -0.2) is 0 Å². The minimum absolute atomic E-state index is 0.338. The van der Waals surface area contributed by atoms with Gasteiger partial charge in [0, 0.05) is 5.92 Å². The molecular formula is C10H21NO. The number of nitrogens with two attached hydrogens (primary N) is 1. The van der Waals surface area contributed by atoms with Crippen LogP contribution in [0.15, 0.2) is 0 Å². The fourth-order valence-electron chi connectivity index (χ4n) is 2.17. The molecule has 0 aromatic rings. The van der Waals surface area contributed by atoms with Gasteiger partial charge in [-0.05, 0) is 25.7 Å². The number of aliphatic hydroxyl groups is 1. The Bertz CT molecular complexity index is 134. The number of rotatable bonds is 2. The summed E-state index contributed by atoms with van der Waals surface area (Å²) in [7, 11) is 0. The molecule has 72 valence electrons. The molecule has 2 unspecified atom stereocenters. The molecule has 0 aromatic heterocycles. The van der Waals surface area contributed by atoms with E-state index in [9.17, 15) is 5.11 Å². The monoisotopic (exact) mass is 171 g/mol. The lowest BCUT2D eigenvalue weighted by molar-refractivity contribution is -0.0226. The molecule has 3 N–H and O–H groups in total. The number of hydrogen-bond acceptors (Lipinski definition) is 2. The van der Waals surface area contributed by atoms with E-state index >= 15 is 0 Å². The van der Waals surface area contributed by atoms with E-state index in [0.717, 1.165) is 32.1 Å². The first-order valence-corrected chi connectivity index (χ1v) is 5.18. The second-order valence-electron chi connectivity index (χ2n) is 4.08. The molecule has 12 heavy (non-hydrogen) atoms. The van der Waals surface area contributed by atoms with Gasteiger partial charge < -0.3 is 10.8 Å². The molecule has 1 aliphatic carbocycles. The molecule has 2 atom stereocenters. The maximum atomic E-state index is 9.92. The minimum atomic E-state index is -0.869. The first-order chi connectivity index (χ1) is 5.67. The lowest BCUT2D eigenvalue weighted by Gasteiger charge is -2.30. The normalized spacial score (nSPS) is 37.8. The summed E-state index contributed by atoms with van der Waals surface area (Å²) in [4.78, 5) is 0. The van der Waals surface area contributed by atoms with Crippen molar-refractivity contribution in [1.29, 1.82) is 0 Å². The second-order valence-corrected chi connectivity index (χ2v) is 4.08. The van der Waals surface area contributed by atoms with Crippen LogP contribution < -0.4 is 5.73 Å². The molecule has 0 amide bonds. The molecule has 0 bridgehead atoms. The van der Waals surface area contributed by atoms with Gasteiger partial charge in [-0.2, -0.15) is 0 Å². The Morgan fingerprint density at radius 2 is 2.17 bits per heavy atom. The molecule has 0 saturated heterocycles.